The number of alkyl halides is 1. The smallest absolute Gasteiger partial charge is 0.254 e. The molecule has 2 aromatic rings. The largest absolute Gasteiger partial charge is 0.490 e. The Morgan fingerprint density at radius 3 is 2.39 bits per heavy atom. The van der Waals surface area contributed by atoms with Crippen molar-refractivity contribution in [3.05, 3.63) is 53.6 Å². The molecule has 1 atom stereocenters. The second-order valence-electron chi connectivity index (χ2n) is 10.7. The Morgan fingerprint density at radius 1 is 1.03 bits per heavy atom. The van der Waals surface area contributed by atoms with E-state index in [0.29, 0.717) is 38.1 Å². The van der Waals surface area contributed by atoms with Crippen LogP contribution in [0.3, 0.4) is 0 Å². The number of benzene rings is 2. The molecular formula is C30H39F3N2O3. The predicted octanol–water partition coefficient (Wildman–Crippen LogP) is 5.85. The first-order chi connectivity index (χ1) is 18.3. The maximum absolute atomic E-state index is 15.0. The summed E-state index contributed by atoms with van der Waals surface area (Å²) in [4.78, 5) is 16.5. The number of hydrogen-bond acceptors (Lipinski definition) is 4. The van der Waals surface area contributed by atoms with Crippen LogP contribution in [0, 0.1) is 17.6 Å². The number of aliphatic hydroxyl groups is 1. The fourth-order valence-electron chi connectivity index (χ4n) is 5.52. The van der Waals surface area contributed by atoms with E-state index < -0.39 is 17.3 Å². The Balaban J connectivity index is 1.33. The Kier molecular flexibility index (Phi) is 9.36. The maximum atomic E-state index is 15.0. The van der Waals surface area contributed by atoms with Crippen molar-refractivity contribution >= 4 is 5.91 Å². The summed E-state index contributed by atoms with van der Waals surface area (Å²) in [5.41, 5.74) is -0.377. The molecule has 208 valence electrons. The van der Waals surface area contributed by atoms with Crippen LogP contribution in [-0.4, -0.2) is 71.9 Å². The molecule has 2 aliphatic rings. The van der Waals surface area contributed by atoms with Gasteiger partial charge in [0.15, 0.2) is 11.6 Å². The van der Waals surface area contributed by atoms with E-state index in [2.05, 4.69) is 4.90 Å². The van der Waals surface area contributed by atoms with E-state index in [0.717, 1.165) is 38.8 Å². The first kappa shape index (κ1) is 28.4. The molecule has 2 fully saturated rings. The lowest BCUT2D eigenvalue weighted by molar-refractivity contribution is 0.0565. The van der Waals surface area contributed by atoms with E-state index >= 15 is 0 Å². The van der Waals surface area contributed by atoms with Gasteiger partial charge in [-0.3, -0.25) is 4.79 Å². The van der Waals surface area contributed by atoms with Gasteiger partial charge in [0, 0.05) is 24.2 Å². The Hall–Kier alpha value is -2.58. The highest BCUT2D eigenvalue weighted by molar-refractivity contribution is 5.95. The fourth-order valence-corrected chi connectivity index (χ4v) is 5.52. The zero-order chi connectivity index (χ0) is 27.3. The van der Waals surface area contributed by atoms with Crippen LogP contribution in [0.2, 0.25) is 0 Å². The molecule has 0 aliphatic carbocycles. The molecule has 8 heteroatoms. The molecule has 2 saturated heterocycles. The van der Waals surface area contributed by atoms with Gasteiger partial charge in [0.2, 0.25) is 0 Å². The number of piperidine rings is 1. The SMILES string of the molecule is CCC(F)(CC)CN1CCC(COc2ccc(-c3ccc(C(=O)N4CCCC4CO)cc3F)cc2F)CC1. The zero-order valence-corrected chi connectivity index (χ0v) is 22.4. The van der Waals surface area contributed by atoms with Gasteiger partial charge in [0.25, 0.3) is 5.91 Å². The molecular weight excluding hydrogens is 493 g/mol. The van der Waals surface area contributed by atoms with Gasteiger partial charge in [-0.05, 0) is 87.4 Å². The minimum atomic E-state index is -1.14. The van der Waals surface area contributed by atoms with Crippen molar-refractivity contribution in [3.8, 4) is 16.9 Å². The van der Waals surface area contributed by atoms with Crippen LogP contribution in [0.4, 0.5) is 13.2 Å². The van der Waals surface area contributed by atoms with Gasteiger partial charge in [-0.15, -0.1) is 0 Å². The molecule has 5 nitrogen and oxygen atoms in total. The normalized spacial score (nSPS) is 19.2. The number of aliphatic hydroxyl groups excluding tert-OH is 1. The van der Waals surface area contributed by atoms with Gasteiger partial charge in [0.05, 0.1) is 19.3 Å². The highest BCUT2D eigenvalue weighted by atomic mass is 19.1. The number of carbonyl (C=O) groups excluding carboxylic acids is 1. The highest BCUT2D eigenvalue weighted by Crippen LogP contribution is 2.30. The molecule has 2 aliphatic heterocycles. The number of carbonyl (C=O) groups is 1. The predicted molar refractivity (Wildman–Crippen MR) is 142 cm³/mol. The summed E-state index contributed by atoms with van der Waals surface area (Å²) in [6.07, 6.45) is 4.30. The minimum absolute atomic E-state index is 0.114. The zero-order valence-electron chi connectivity index (χ0n) is 22.4. The quantitative estimate of drug-likeness (QED) is 0.417. The van der Waals surface area contributed by atoms with Gasteiger partial charge in [-0.1, -0.05) is 26.0 Å². The Morgan fingerprint density at radius 2 is 1.76 bits per heavy atom. The molecule has 0 bridgehead atoms. The van der Waals surface area contributed by atoms with Crippen LogP contribution in [0.5, 0.6) is 5.75 Å². The third-order valence-corrected chi connectivity index (χ3v) is 8.26. The number of amides is 1. The van der Waals surface area contributed by atoms with Gasteiger partial charge >= 0.3 is 0 Å². The lowest BCUT2D eigenvalue weighted by atomic mass is 9.94. The topological polar surface area (TPSA) is 53.0 Å². The standard InChI is InChI=1S/C30H39F3N2O3/c1-3-30(33,4-2)20-34-14-11-21(12-15-34)19-38-28-10-8-22(16-27(28)32)25-9-7-23(17-26(25)31)29(37)35-13-5-6-24(35)18-36/h7-10,16-17,21,24,36H,3-6,11-15,18-20H2,1-2H3. The van der Waals surface area contributed by atoms with Gasteiger partial charge < -0.3 is 19.6 Å². The highest BCUT2D eigenvalue weighted by Gasteiger charge is 2.31. The number of likely N-dealkylation sites (tertiary alicyclic amines) is 2. The van der Waals surface area contributed by atoms with Gasteiger partial charge in [-0.25, -0.2) is 13.2 Å². The molecule has 0 saturated carbocycles. The second-order valence-corrected chi connectivity index (χ2v) is 10.7. The summed E-state index contributed by atoms with van der Waals surface area (Å²) >= 11 is 0. The molecule has 1 amide bonds. The molecule has 4 rings (SSSR count). The van der Waals surface area contributed by atoms with Crippen molar-refractivity contribution in [2.24, 2.45) is 5.92 Å². The molecule has 2 aromatic carbocycles. The average molecular weight is 533 g/mol. The van der Waals surface area contributed by atoms with Crippen molar-refractivity contribution in [1.82, 2.24) is 9.80 Å². The number of nitrogens with zero attached hydrogens (tertiary/aromatic N) is 2. The molecule has 0 radical (unpaired) electrons. The number of halogens is 3. The maximum Gasteiger partial charge on any atom is 0.254 e. The van der Waals surface area contributed by atoms with Gasteiger partial charge in [-0.2, -0.15) is 0 Å². The summed E-state index contributed by atoms with van der Waals surface area (Å²) in [5, 5.41) is 9.48. The summed E-state index contributed by atoms with van der Waals surface area (Å²) in [7, 11) is 0. The van der Waals surface area contributed by atoms with E-state index in [-0.39, 0.29) is 41.4 Å². The molecule has 0 aromatic heterocycles. The number of hydrogen-bond donors (Lipinski definition) is 1. The Bertz CT molecular complexity index is 1100. The van der Waals surface area contributed by atoms with Crippen LogP contribution >= 0.6 is 0 Å². The number of rotatable bonds is 10. The van der Waals surface area contributed by atoms with Crippen LogP contribution in [0.15, 0.2) is 36.4 Å². The lowest BCUT2D eigenvalue weighted by Crippen LogP contribution is -2.44. The fraction of sp³-hybridized carbons (Fsp3) is 0.567. The van der Waals surface area contributed by atoms with Crippen LogP contribution < -0.4 is 4.74 Å². The molecule has 1 N–H and O–H groups in total. The van der Waals surface area contributed by atoms with Crippen molar-refractivity contribution < 1.29 is 27.8 Å². The van der Waals surface area contributed by atoms with Crippen molar-refractivity contribution in [3.63, 3.8) is 0 Å². The first-order valence-electron chi connectivity index (χ1n) is 13.8. The number of ether oxygens (including phenoxy) is 1. The lowest BCUT2D eigenvalue weighted by Gasteiger charge is -2.36. The Labute approximate surface area is 223 Å². The molecule has 0 spiro atoms. The van der Waals surface area contributed by atoms with E-state index in [1.54, 1.807) is 11.0 Å². The van der Waals surface area contributed by atoms with Crippen LogP contribution in [0.25, 0.3) is 11.1 Å². The van der Waals surface area contributed by atoms with E-state index in [4.69, 9.17) is 4.74 Å². The second kappa shape index (κ2) is 12.5. The van der Waals surface area contributed by atoms with Crippen molar-refractivity contribution in [1.29, 1.82) is 0 Å². The molecule has 38 heavy (non-hydrogen) atoms. The third-order valence-electron chi connectivity index (χ3n) is 8.26. The summed E-state index contributed by atoms with van der Waals surface area (Å²) in [6, 6.07) is 8.32. The summed E-state index contributed by atoms with van der Waals surface area (Å²) in [6.45, 7) is 6.63. The van der Waals surface area contributed by atoms with Crippen molar-refractivity contribution in [2.45, 2.75) is 64.1 Å². The average Bonchev–Trinajstić information content (AvgIpc) is 3.41. The van der Waals surface area contributed by atoms with Crippen LogP contribution in [0.1, 0.15) is 62.7 Å². The van der Waals surface area contributed by atoms with E-state index in [1.165, 1.54) is 30.3 Å². The third kappa shape index (κ3) is 6.52. The van der Waals surface area contributed by atoms with Crippen molar-refractivity contribution in [2.75, 3.05) is 39.4 Å². The summed E-state index contributed by atoms with van der Waals surface area (Å²) < 4.78 is 50.3. The van der Waals surface area contributed by atoms with E-state index in [9.17, 15) is 23.1 Å². The molecule has 1 unspecified atom stereocenters. The summed E-state index contributed by atoms with van der Waals surface area (Å²) in [5.74, 6) is -1.11. The minimum Gasteiger partial charge on any atom is -0.490 e. The monoisotopic (exact) mass is 532 g/mol. The van der Waals surface area contributed by atoms with E-state index in [1.807, 2.05) is 13.8 Å². The molecule has 2 heterocycles. The van der Waals surface area contributed by atoms with Crippen LogP contribution in [-0.2, 0) is 0 Å². The first-order valence-corrected chi connectivity index (χ1v) is 13.8. The van der Waals surface area contributed by atoms with Gasteiger partial charge in [0.1, 0.15) is 11.5 Å².